The van der Waals surface area contributed by atoms with Gasteiger partial charge in [0, 0.05) is 63.7 Å². The molecule has 10 heteroatoms. The number of fused-ring (bicyclic) bond motifs is 1. The van der Waals surface area contributed by atoms with Crippen molar-refractivity contribution in [2.24, 2.45) is 11.8 Å². The van der Waals surface area contributed by atoms with Gasteiger partial charge >= 0.3 is 0 Å². The van der Waals surface area contributed by atoms with Gasteiger partial charge in [0.15, 0.2) is 11.6 Å². The maximum Gasteiger partial charge on any atom is 0.246 e. The third-order valence-corrected chi connectivity index (χ3v) is 10.0. The fourth-order valence-corrected chi connectivity index (χ4v) is 7.19. The Kier molecular flexibility index (Phi) is 20.2. The zero-order valence-electron chi connectivity index (χ0n) is 31.4. The fraction of sp³-hybridized carbons (Fsp3) is 0.683. The first-order valence-corrected chi connectivity index (χ1v) is 19.2. The topological polar surface area (TPSA) is 143 Å². The summed E-state index contributed by atoms with van der Waals surface area (Å²) in [6.07, 6.45) is 18.5. The SMILES string of the molecule is C=CC(C)=O.CC(=O)CCC1C(=O)CCCC1=O.CCN1CCC[N+]2=C1CCCCC2.O=C1C=C2CCCC(=O)C2CC1.O=C1CCCC(=O)C1. The van der Waals surface area contributed by atoms with Gasteiger partial charge in [-0.25, -0.2) is 0 Å². The smallest absolute Gasteiger partial charge is 0.246 e. The van der Waals surface area contributed by atoms with Gasteiger partial charge in [0.1, 0.15) is 34.7 Å². The second kappa shape index (κ2) is 23.7. The van der Waals surface area contributed by atoms with Crippen LogP contribution in [0.3, 0.4) is 0 Å². The number of carbonyl (C=O) groups is 8. The maximum absolute atomic E-state index is 11.4. The zero-order chi connectivity index (χ0) is 37.8. The summed E-state index contributed by atoms with van der Waals surface area (Å²) in [5.74, 6) is 2.17. The number of Topliss-reactive ketones (excluding diaryl/α,β-unsaturated/α-hetero) is 6. The Morgan fingerprint density at radius 1 is 0.765 bits per heavy atom. The predicted molar refractivity (Wildman–Crippen MR) is 197 cm³/mol. The van der Waals surface area contributed by atoms with Crippen molar-refractivity contribution in [1.82, 2.24) is 4.90 Å². The average Bonchev–Trinajstić information content (AvgIpc) is 3.35. The fourth-order valence-electron chi connectivity index (χ4n) is 7.19. The summed E-state index contributed by atoms with van der Waals surface area (Å²) in [4.78, 5) is 88.8. The molecule has 1 unspecified atom stereocenters. The lowest BCUT2D eigenvalue weighted by molar-refractivity contribution is -0.538. The number of nitrogens with zero attached hydrogens (tertiary/aromatic N) is 2. The highest BCUT2D eigenvalue weighted by atomic mass is 16.2. The molecule has 2 aliphatic heterocycles. The van der Waals surface area contributed by atoms with Crippen LogP contribution in [0.5, 0.6) is 0 Å². The van der Waals surface area contributed by atoms with E-state index in [1.807, 2.05) is 0 Å². The number of ketones is 8. The highest BCUT2D eigenvalue weighted by Gasteiger charge is 2.31. The zero-order valence-corrected chi connectivity index (χ0v) is 31.4. The molecule has 0 N–H and O–H groups in total. The normalized spacial score (nSPS) is 22.1. The van der Waals surface area contributed by atoms with Crippen LogP contribution in [0.2, 0.25) is 0 Å². The van der Waals surface area contributed by atoms with Gasteiger partial charge in [0.25, 0.3) is 0 Å². The molecule has 51 heavy (non-hydrogen) atoms. The van der Waals surface area contributed by atoms with E-state index in [-0.39, 0.29) is 52.8 Å². The van der Waals surface area contributed by atoms with Gasteiger partial charge in [-0.2, -0.15) is 0 Å². The van der Waals surface area contributed by atoms with E-state index in [1.54, 1.807) is 11.9 Å². The third-order valence-electron chi connectivity index (χ3n) is 10.0. The van der Waals surface area contributed by atoms with Crippen LogP contribution in [0.25, 0.3) is 0 Å². The van der Waals surface area contributed by atoms with Gasteiger partial charge in [-0.3, -0.25) is 43.0 Å². The first kappa shape index (κ1) is 43.5. The van der Waals surface area contributed by atoms with Crippen LogP contribution in [0, 0.1) is 11.8 Å². The van der Waals surface area contributed by atoms with Crippen molar-refractivity contribution < 1.29 is 42.9 Å². The quantitative estimate of drug-likeness (QED) is 0.188. The van der Waals surface area contributed by atoms with Gasteiger partial charge in [-0.1, -0.05) is 12.2 Å². The van der Waals surface area contributed by atoms with E-state index in [2.05, 4.69) is 23.0 Å². The van der Waals surface area contributed by atoms with Gasteiger partial charge in [-0.15, -0.1) is 0 Å². The lowest BCUT2D eigenvalue weighted by atomic mass is 9.77. The molecule has 2 heterocycles. The molecule has 4 aliphatic carbocycles. The molecule has 1 atom stereocenters. The molecular weight excluding hydrogens is 648 g/mol. The highest BCUT2D eigenvalue weighted by molar-refractivity contribution is 6.04. The van der Waals surface area contributed by atoms with Crippen LogP contribution < -0.4 is 0 Å². The van der Waals surface area contributed by atoms with Crippen molar-refractivity contribution in [2.45, 2.75) is 143 Å². The van der Waals surface area contributed by atoms with Crippen molar-refractivity contribution in [3.63, 3.8) is 0 Å². The minimum absolute atomic E-state index is 0.0185. The average molecular weight is 710 g/mol. The largest absolute Gasteiger partial charge is 0.300 e. The third kappa shape index (κ3) is 16.5. The van der Waals surface area contributed by atoms with Crippen molar-refractivity contribution in [2.75, 3.05) is 26.2 Å². The van der Waals surface area contributed by atoms with E-state index >= 15 is 0 Å². The first-order valence-electron chi connectivity index (χ1n) is 19.2. The second-order valence-electron chi connectivity index (χ2n) is 14.2. The molecule has 0 aromatic heterocycles. The van der Waals surface area contributed by atoms with Crippen LogP contribution in [-0.2, 0) is 38.4 Å². The molecule has 0 amide bonds. The summed E-state index contributed by atoms with van der Waals surface area (Å²) >= 11 is 0. The monoisotopic (exact) mass is 709 g/mol. The number of allylic oxidation sites excluding steroid dienone is 3. The molecule has 0 bridgehead atoms. The van der Waals surface area contributed by atoms with Crippen LogP contribution >= 0.6 is 0 Å². The molecule has 0 aromatic carbocycles. The molecule has 0 aromatic rings. The van der Waals surface area contributed by atoms with Gasteiger partial charge < -0.3 is 4.79 Å². The summed E-state index contributed by atoms with van der Waals surface area (Å²) in [6, 6.07) is 0. The number of rotatable bonds is 5. The van der Waals surface area contributed by atoms with Gasteiger partial charge in [-0.05, 0) is 90.7 Å². The first-order chi connectivity index (χ1) is 24.4. The van der Waals surface area contributed by atoms with E-state index in [9.17, 15) is 38.4 Å². The number of hydrogen-bond donors (Lipinski definition) is 0. The molecule has 3 saturated carbocycles. The van der Waals surface area contributed by atoms with Crippen LogP contribution in [0.4, 0.5) is 0 Å². The van der Waals surface area contributed by atoms with E-state index in [1.165, 1.54) is 78.2 Å². The standard InChI is InChI=1S/C11H21N2.C10H14O3.C10H12O2.C6H8O2.C4H6O/c1-2-12-9-6-10-13-8-5-3-4-7-11(12)13;1-7(11)5-6-8-9(12)3-2-4-10(8)13;11-8-4-5-9-7(6-8)2-1-3-10(9)12;7-5-2-1-3-6(8)4-5;1-3-4(2)5/h2-10H2,1H3;8H,2-6H2,1H3;6,9H,1-5H2;1-4H2;3H,1H2,2H3/q+1;;;;. The number of hydrogen-bond acceptors (Lipinski definition) is 9. The van der Waals surface area contributed by atoms with Crippen LogP contribution in [0.15, 0.2) is 24.3 Å². The number of amidine groups is 1. The van der Waals surface area contributed by atoms with E-state index in [0.717, 1.165) is 37.7 Å². The Balaban J connectivity index is 0.000000228. The Morgan fingerprint density at radius 3 is 1.92 bits per heavy atom. The molecule has 0 saturated heterocycles. The molecular formula is C41H61N2O8+. The Hall–Kier alpha value is -3.69. The Morgan fingerprint density at radius 2 is 1.35 bits per heavy atom. The Labute approximate surface area is 304 Å². The van der Waals surface area contributed by atoms with Crippen molar-refractivity contribution in [3.8, 4) is 0 Å². The summed E-state index contributed by atoms with van der Waals surface area (Å²) < 4.78 is 2.62. The van der Waals surface area contributed by atoms with Crippen molar-refractivity contribution in [1.29, 1.82) is 0 Å². The Bertz CT molecular complexity index is 1330. The van der Waals surface area contributed by atoms with Gasteiger partial charge in [0.2, 0.25) is 5.84 Å². The molecule has 0 radical (unpaired) electrons. The highest BCUT2D eigenvalue weighted by Crippen LogP contribution is 2.33. The summed E-state index contributed by atoms with van der Waals surface area (Å²) in [5.41, 5.74) is 1.10. The van der Waals surface area contributed by atoms with Crippen LogP contribution in [0.1, 0.15) is 143 Å². The lowest BCUT2D eigenvalue weighted by Crippen LogP contribution is -2.43. The lowest BCUT2D eigenvalue weighted by Gasteiger charge is -2.26. The minimum atomic E-state index is -0.474. The van der Waals surface area contributed by atoms with E-state index < -0.39 is 5.92 Å². The van der Waals surface area contributed by atoms with Gasteiger partial charge in [0.05, 0.1) is 38.5 Å². The molecule has 6 aliphatic rings. The summed E-state index contributed by atoms with van der Waals surface area (Å²) in [7, 11) is 0. The molecule has 6 rings (SSSR count). The summed E-state index contributed by atoms with van der Waals surface area (Å²) in [6.45, 7) is 13.6. The molecule has 282 valence electrons. The molecule has 0 spiro atoms. The van der Waals surface area contributed by atoms with Crippen molar-refractivity contribution >= 4 is 52.1 Å². The molecule has 10 nitrogen and oxygen atoms in total. The second-order valence-corrected chi connectivity index (χ2v) is 14.2. The maximum atomic E-state index is 11.4. The molecule has 3 fully saturated rings. The minimum Gasteiger partial charge on any atom is -0.300 e. The van der Waals surface area contributed by atoms with Crippen molar-refractivity contribution in [3.05, 3.63) is 24.3 Å². The van der Waals surface area contributed by atoms with Crippen LogP contribution in [-0.4, -0.2) is 87.8 Å². The number of carbonyl (C=O) groups excluding carboxylic acids is 8. The van der Waals surface area contributed by atoms with E-state index in [4.69, 9.17) is 0 Å². The summed E-state index contributed by atoms with van der Waals surface area (Å²) in [5, 5.41) is 0. The van der Waals surface area contributed by atoms with E-state index in [0.29, 0.717) is 57.1 Å². The predicted octanol–water partition coefficient (Wildman–Crippen LogP) is 6.10.